The summed E-state index contributed by atoms with van der Waals surface area (Å²) in [6.07, 6.45) is 3.01. The highest BCUT2D eigenvalue weighted by Gasteiger charge is 2.29. The number of benzene rings is 1. The molecule has 1 aliphatic rings. The van der Waals surface area contributed by atoms with Crippen LogP contribution in [0.4, 0.5) is 5.69 Å². The van der Waals surface area contributed by atoms with Crippen LogP contribution in [-0.4, -0.2) is 24.4 Å². The second-order valence-corrected chi connectivity index (χ2v) is 5.58. The van der Waals surface area contributed by atoms with E-state index in [-0.39, 0.29) is 17.9 Å². The molecule has 5 nitrogen and oxygen atoms in total. The van der Waals surface area contributed by atoms with Gasteiger partial charge in [-0.25, -0.2) is 0 Å². The smallest absolute Gasteiger partial charge is 0.225 e. The largest absolute Gasteiger partial charge is 0.356 e. The molecular weight excluding hydrogens is 266 g/mol. The molecule has 0 saturated heterocycles. The third kappa shape index (κ3) is 5.19. The van der Waals surface area contributed by atoms with E-state index < -0.39 is 0 Å². The van der Waals surface area contributed by atoms with E-state index in [1.807, 2.05) is 31.2 Å². The van der Waals surface area contributed by atoms with E-state index in [0.717, 1.165) is 24.1 Å². The van der Waals surface area contributed by atoms with Crippen molar-refractivity contribution in [3.8, 4) is 0 Å². The summed E-state index contributed by atoms with van der Waals surface area (Å²) in [4.78, 5) is 23.3. The molecule has 2 amide bonds. The molecule has 1 unspecified atom stereocenters. The normalized spacial score (nSPS) is 15.3. The fourth-order valence-corrected chi connectivity index (χ4v) is 2.27. The lowest BCUT2D eigenvalue weighted by Gasteiger charge is -2.11. The van der Waals surface area contributed by atoms with Crippen molar-refractivity contribution in [1.29, 1.82) is 0 Å². The Bertz CT molecular complexity index is 495. The number of anilines is 1. The van der Waals surface area contributed by atoms with Gasteiger partial charge in [-0.1, -0.05) is 12.1 Å². The molecule has 0 aromatic heterocycles. The zero-order valence-corrected chi connectivity index (χ0v) is 12.4. The summed E-state index contributed by atoms with van der Waals surface area (Å²) in [7, 11) is 0. The molecule has 1 atom stereocenters. The number of carbonyl (C=O) groups excluding carboxylic acids is 2. The monoisotopic (exact) mass is 289 g/mol. The first-order valence-electron chi connectivity index (χ1n) is 7.49. The summed E-state index contributed by atoms with van der Waals surface area (Å²) in [5, 5.41) is 5.60. The zero-order valence-electron chi connectivity index (χ0n) is 12.4. The van der Waals surface area contributed by atoms with Crippen molar-refractivity contribution in [1.82, 2.24) is 5.32 Å². The molecule has 21 heavy (non-hydrogen) atoms. The minimum atomic E-state index is -0.0501. The Morgan fingerprint density at radius 1 is 1.24 bits per heavy atom. The van der Waals surface area contributed by atoms with Gasteiger partial charge in [-0.05, 0) is 43.4 Å². The van der Waals surface area contributed by atoms with Gasteiger partial charge in [-0.3, -0.25) is 9.59 Å². The maximum absolute atomic E-state index is 11.8. The Labute approximate surface area is 125 Å². The van der Waals surface area contributed by atoms with Gasteiger partial charge in [0.2, 0.25) is 11.8 Å². The van der Waals surface area contributed by atoms with Crippen molar-refractivity contribution in [2.75, 3.05) is 11.9 Å². The molecule has 1 aromatic carbocycles. The highest BCUT2D eigenvalue weighted by Crippen LogP contribution is 2.32. The van der Waals surface area contributed by atoms with Crippen molar-refractivity contribution in [3.63, 3.8) is 0 Å². The van der Waals surface area contributed by atoms with Gasteiger partial charge in [0.05, 0.1) is 6.42 Å². The quantitative estimate of drug-likeness (QED) is 0.710. The number of hydrogen-bond donors (Lipinski definition) is 3. The van der Waals surface area contributed by atoms with E-state index in [9.17, 15) is 9.59 Å². The summed E-state index contributed by atoms with van der Waals surface area (Å²) < 4.78 is 0. The van der Waals surface area contributed by atoms with Gasteiger partial charge in [0, 0.05) is 24.7 Å². The molecule has 0 aliphatic heterocycles. The van der Waals surface area contributed by atoms with Crippen molar-refractivity contribution < 1.29 is 9.59 Å². The number of hydrogen-bond acceptors (Lipinski definition) is 3. The molecule has 5 heteroatoms. The van der Waals surface area contributed by atoms with E-state index in [1.54, 1.807) is 0 Å². The highest BCUT2D eigenvalue weighted by molar-refractivity contribution is 5.91. The number of carbonyl (C=O) groups is 2. The summed E-state index contributed by atoms with van der Waals surface area (Å²) in [5.41, 5.74) is 7.60. The van der Waals surface area contributed by atoms with Crippen LogP contribution in [0.25, 0.3) is 0 Å². The van der Waals surface area contributed by atoms with E-state index >= 15 is 0 Å². The first-order chi connectivity index (χ1) is 10.1. The van der Waals surface area contributed by atoms with Crippen LogP contribution < -0.4 is 16.4 Å². The Balaban J connectivity index is 1.81. The summed E-state index contributed by atoms with van der Waals surface area (Å²) >= 11 is 0. The second-order valence-electron chi connectivity index (χ2n) is 5.58. The van der Waals surface area contributed by atoms with Crippen LogP contribution in [-0.2, 0) is 16.0 Å². The summed E-state index contributed by atoms with van der Waals surface area (Å²) in [6, 6.07) is 7.31. The maximum atomic E-state index is 11.8. The second kappa shape index (κ2) is 7.22. The van der Waals surface area contributed by atoms with Gasteiger partial charge < -0.3 is 16.4 Å². The molecule has 0 spiro atoms. The molecule has 114 valence electrons. The molecule has 0 heterocycles. The predicted molar refractivity (Wildman–Crippen MR) is 82.8 cm³/mol. The Kier molecular flexibility index (Phi) is 5.33. The van der Waals surface area contributed by atoms with Crippen molar-refractivity contribution >= 4 is 17.5 Å². The molecule has 4 N–H and O–H groups in total. The Morgan fingerprint density at radius 3 is 2.48 bits per heavy atom. The number of nitrogens with one attached hydrogen (secondary N) is 2. The van der Waals surface area contributed by atoms with Crippen molar-refractivity contribution in [3.05, 3.63) is 29.8 Å². The van der Waals surface area contributed by atoms with Gasteiger partial charge in [-0.15, -0.1) is 0 Å². The predicted octanol–water partition coefficient (Wildman–Crippen LogP) is 1.43. The topological polar surface area (TPSA) is 84.2 Å². The van der Waals surface area contributed by atoms with Crippen LogP contribution in [0.2, 0.25) is 0 Å². The fourth-order valence-electron chi connectivity index (χ4n) is 2.27. The van der Waals surface area contributed by atoms with Crippen LogP contribution in [0.1, 0.15) is 31.7 Å². The van der Waals surface area contributed by atoms with Crippen molar-refractivity contribution in [2.45, 2.75) is 38.6 Å². The van der Waals surface area contributed by atoms with Crippen LogP contribution in [0.5, 0.6) is 0 Å². The number of amides is 2. The van der Waals surface area contributed by atoms with Gasteiger partial charge in [0.25, 0.3) is 0 Å². The van der Waals surface area contributed by atoms with E-state index in [0.29, 0.717) is 25.3 Å². The number of nitrogens with two attached hydrogens (primary N) is 1. The summed E-state index contributed by atoms with van der Waals surface area (Å²) in [5.74, 6) is 0.478. The van der Waals surface area contributed by atoms with Crippen LogP contribution in [0, 0.1) is 5.92 Å². The molecule has 2 rings (SSSR count). The first kappa shape index (κ1) is 15.5. The molecule has 0 radical (unpaired) electrons. The SMILES string of the molecule is CCNC(=O)Cc1ccc(NC(=O)CC(N)C2CC2)cc1. The fraction of sp³-hybridized carbons (Fsp3) is 0.500. The lowest BCUT2D eigenvalue weighted by atomic mass is 10.1. The van der Waals surface area contributed by atoms with Crippen LogP contribution in [0.15, 0.2) is 24.3 Å². The average molecular weight is 289 g/mol. The lowest BCUT2D eigenvalue weighted by molar-refractivity contribution is -0.120. The Hall–Kier alpha value is -1.88. The molecule has 0 bridgehead atoms. The minimum Gasteiger partial charge on any atom is -0.356 e. The van der Waals surface area contributed by atoms with Crippen LogP contribution >= 0.6 is 0 Å². The average Bonchev–Trinajstić information content (AvgIpc) is 3.25. The van der Waals surface area contributed by atoms with E-state index in [1.165, 1.54) is 0 Å². The van der Waals surface area contributed by atoms with E-state index in [4.69, 9.17) is 5.73 Å². The third-order valence-corrected chi connectivity index (χ3v) is 3.62. The highest BCUT2D eigenvalue weighted by atomic mass is 16.2. The Morgan fingerprint density at radius 2 is 1.90 bits per heavy atom. The van der Waals surface area contributed by atoms with Crippen LogP contribution in [0.3, 0.4) is 0 Å². The maximum Gasteiger partial charge on any atom is 0.225 e. The van der Waals surface area contributed by atoms with Gasteiger partial charge >= 0.3 is 0 Å². The zero-order chi connectivity index (χ0) is 15.2. The third-order valence-electron chi connectivity index (χ3n) is 3.62. The number of rotatable bonds is 7. The first-order valence-corrected chi connectivity index (χ1v) is 7.49. The molecular formula is C16H23N3O2. The van der Waals surface area contributed by atoms with Gasteiger partial charge in [-0.2, -0.15) is 0 Å². The standard InChI is InChI=1S/C16H23N3O2/c1-2-18-15(20)9-11-3-7-13(8-4-11)19-16(21)10-14(17)12-5-6-12/h3-4,7-8,12,14H,2,5-6,9-10,17H2,1H3,(H,18,20)(H,19,21). The number of likely N-dealkylation sites (N-methyl/N-ethyl adjacent to an activating group) is 1. The van der Waals surface area contributed by atoms with E-state index in [2.05, 4.69) is 10.6 Å². The molecule has 1 aromatic rings. The van der Waals surface area contributed by atoms with Crippen molar-refractivity contribution in [2.24, 2.45) is 11.7 Å². The summed E-state index contributed by atoms with van der Waals surface area (Å²) in [6.45, 7) is 2.52. The molecule has 1 aliphatic carbocycles. The lowest BCUT2D eigenvalue weighted by Crippen LogP contribution is -2.28. The molecule has 1 fully saturated rings. The van der Waals surface area contributed by atoms with Gasteiger partial charge in [0.15, 0.2) is 0 Å². The minimum absolute atomic E-state index is 0.00434. The van der Waals surface area contributed by atoms with Gasteiger partial charge in [0.1, 0.15) is 0 Å². The molecule has 1 saturated carbocycles.